The van der Waals surface area contributed by atoms with E-state index in [2.05, 4.69) is 34.6 Å². The zero-order chi connectivity index (χ0) is 21.8. The third-order valence-electron chi connectivity index (χ3n) is 4.97. The highest BCUT2D eigenvalue weighted by Crippen LogP contribution is 2.28. The van der Waals surface area contributed by atoms with Gasteiger partial charge in [-0.05, 0) is 41.1 Å². The van der Waals surface area contributed by atoms with Gasteiger partial charge in [-0.15, -0.1) is 11.3 Å². The summed E-state index contributed by atoms with van der Waals surface area (Å²) in [5.74, 6) is 2.26. The minimum atomic E-state index is 0.690. The number of rotatable bonds is 6. The Morgan fingerprint density at radius 1 is 0.839 bits per heavy atom. The summed E-state index contributed by atoms with van der Waals surface area (Å²) in [6.07, 6.45) is 1.77. The first-order valence-corrected chi connectivity index (χ1v) is 10.5. The zero-order valence-electron chi connectivity index (χ0n) is 17.8. The Balaban J connectivity index is 1.77. The molecule has 158 valence electrons. The van der Waals surface area contributed by atoms with Gasteiger partial charge in [-0.1, -0.05) is 18.2 Å². The molecule has 4 aromatic rings. The molecule has 0 atom stereocenters. The summed E-state index contributed by atoms with van der Waals surface area (Å²) < 4.78 is 17.9. The van der Waals surface area contributed by atoms with Crippen LogP contribution >= 0.6 is 11.3 Å². The van der Waals surface area contributed by atoms with Crippen molar-refractivity contribution in [3.8, 4) is 28.5 Å². The van der Waals surface area contributed by atoms with Gasteiger partial charge in [-0.25, -0.2) is 4.68 Å². The van der Waals surface area contributed by atoms with Gasteiger partial charge in [0.25, 0.3) is 0 Å². The predicted octanol–water partition coefficient (Wildman–Crippen LogP) is 4.81. The van der Waals surface area contributed by atoms with Crippen LogP contribution in [0.15, 0.2) is 70.1 Å². The Labute approximate surface area is 184 Å². The molecule has 7 heteroatoms. The second kappa shape index (κ2) is 9.06. The van der Waals surface area contributed by atoms with Gasteiger partial charge < -0.3 is 14.2 Å². The average molecular weight is 434 g/mol. The van der Waals surface area contributed by atoms with Crippen LogP contribution in [0.2, 0.25) is 0 Å². The molecule has 0 spiro atoms. The molecule has 1 heterocycles. The lowest BCUT2D eigenvalue weighted by Crippen LogP contribution is -2.11. The van der Waals surface area contributed by atoms with Gasteiger partial charge in [0, 0.05) is 29.6 Å². The maximum absolute atomic E-state index is 5.48. The Morgan fingerprint density at radius 3 is 2.29 bits per heavy atom. The summed E-state index contributed by atoms with van der Waals surface area (Å²) in [5, 5.41) is 9.04. The quantitative estimate of drug-likeness (QED) is 0.410. The number of hydrogen-bond donors (Lipinski definition) is 0. The standard InChI is InChI=1S/C24H23N3O3S/c1-25-24-27(26-14-19-8-10-21(29-3)13-23(19)30-4)22(15-31-24)18-6-5-17-12-20(28-2)9-7-16(17)11-18/h5-15H,1-4H3. The molecule has 0 N–H and O–H groups in total. The first-order chi connectivity index (χ1) is 15.2. The van der Waals surface area contributed by atoms with Gasteiger partial charge in [-0.3, -0.25) is 4.99 Å². The molecule has 0 aliphatic carbocycles. The van der Waals surface area contributed by atoms with Gasteiger partial charge in [0.2, 0.25) is 4.80 Å². The first kappa shape index (κ1) is 20.7. The molecular weight excluding hydrogens is 410 g/mol. The van der Waals surface area contributed by atoms with E-state index in [1.54, 1.807) is 45.9 Å². The predicted molar refractivity (Wildman–Crippen MR) is 126 cm³/mol. The maximum Gasteiger partial charge on any atom is 0.205 e. The van der Waals surface area contributed by atoms with Gasteiger partial charge in [-0.2, -0.15) is 5.10 Å². The number of hydrogen-bond acceptors (Lipinski definition) is 6. The molecule has 0 unspecified atom stereocenters. The molecule has 4 rings (SSSR count). The lowest BCUT2D eigenvalue weighted by atomic mass is 10.1. The Morgan fingerprint density at radius 2 is 1.55 bits per heavy atom. The molecule has 6 nitrogen and oxygen atoms in total. The summed E-state index contributed by atoms with van der Waals surface area (Å²) in [6.45, 7) is 0. The van der Waals surface area contributed by atoms with Crippen molar-refractivity contribution in [1.29, 1.82) is 0 Å². The number of fused-ring (bicyclic) bond motifs is 1. The third kappa shape index (κ3) is 4.18. The van der Waals surface area contributed by atoms with Crippen molar-refractivity contribution < 1.29 is 14.2 Å². The van der Waals surface area contributed by atoms with Gasteiger partial charge >= 0.3 is 0 Å². The molecule has 0 bridgehead atoms. The van der Waals surface area contributed by atoms with Crippen molar-refractivity contribution in [2.45, 2.75) is 0 Å². The zero-order valence-corrected chi connectivity index (χ0v) is 18.6. The smallest absolute Gasteiger partial charge is 0.205 e. The molecule has 0 aliphatic rings. The number of methoxy groups -OCH3 is 3. The van der Waals surface area contributed by atoms with Gasteiger partial charge in [0.1, 0.15) is 17.2 Å². The van der Waals surface area contributed by atoms with Crippen molar-refractivity contribution >= 4 is 28.3 Å². The van der Waals surface area contributed by atoms with Crippen LogP contribution in [0.4, 0.5) is 0 Å². The van der Waals surface area contributed by atoms with E-state index in [9.17, 15) is 0 Å². The number of thiazole rings is 1. The van der Waals surface area contributed by atoms with E-state index in [1.807, 2.05) is 35.0 Å². The molecule has 0 saturated heterocycles. The molecule has 0 fully saturated rings. The Bertz CT molecular complexity index is 1320. The van der Waals surface area contributed by atoms with E-state index in [-0.39, 0.29) is 0 Å². The Kier molecular flexibility index (Phi) is 6.04. The molecule has 0 saturated carbocycles. The minimum absolute atomic E-state index is 0.690. The topological polar surface area (TPSA) is 57.3 Å². The van der Waals surface area contributed by atoms with Crippen molar-refractivity contribution in [1.82, 2.24) is 4.68 Å². The fourth-order valence-corrected chi connectivity index (χ4v) is 4.12. The van der Waals surface area contributed by atoms with Crippen LogP contribution in [0.1, 0.15) is 5.56 Å². The number of nitrogens with zero attached hydrogens (tertiary/aromatic N) is 3. The van der Waals surface area contributed by atoms with Crippen LogP contribution in [0, 0.1) is 0 Å². The fourth-order valence-electron chi connectivity index (χ4n) is 3.32. The summed E-state index contributed by atoms with van der Waals surface area (Å²) in [6, 6.07) is 18.0. The lowest BCUT2D eigenvalue weighted by Gasteiger charge is -2.08. The third-order valence-corrected chi connectivity index (χ3v) is 5.88. The van der Waals surface area contributed by atoms with E-state index in [1.165, 1.54) is 0 Å². The van der Waals surface area contributed by atoms with Crippen molar-refractivity contribution in [3.63, 3.8) is 0 Å². The summed E-state index contributed by atoms with van der Waals surface area (Å²) in [5.41, 5.74) is 2.87. The van der Waals surface area contributed by atoms with Crippen molar-refractivity contribution in [2.75, 3.05) is 28.4 Å². The van der Waals surface area contributed by atoms with Crippen molar-refractivity contribution in [2.24, 2.45) is 10.1 Å². The van der Waals surface area contributed by atoms with E-state index in [4.69, 9.17) is 19.3 Å². The summed E-state index contributed by atoms with van der Waals surface area (Å²) >= 11 is 1.54. The second-order valence-corrected chi connectivity index (χ2v) is 7.56. The fraction of sp³-hybridized carbons (Fsp3) is 0.167. The first-order valence-electron chi connectivity index (χ1n) is 9.64. The molecule has 0 amide bonds. The maximum atomic E-state index is 5.48. The normalized spacial score (nSPS) is 11.9. The summed E-state index contributed by atoms with van der Waals surface area (Å²) in [4.78, 5) is 5.18. The van der Waals surface area contributed by atoms with Crippen LogP contribution in [0.3, 0.4) is 0 Å². The van der Waals surface area contributed by atoms with E-state index in [0.29, 0.717) is 5.75 Å². The largest absolute Gasteiger partial charge is 0.497 e. The average Bonchev–Trinajstić information content (AvgIpc) is 3.24. The second-order valence-electron chi connectivity index (χ2n) is 6.72. The van der Waals surface area contributed by atoms with Gasteiger partial charge in [0.05, 0.1) is 33.2 Å². The van der Waals surface area contributed by atoms with E-state index < -0.39 is 0 Å². The number of ether oxygens (including phenoxy) is 3. The lowest BCUT2D eigenvalue weighted by molar-refractivity contribution is 0.394. The molecular formula is C24H23N3O3S. The Hall–Kier alpha value is -3.58. The SMILES string of the molecule is CN=c1scc(-c2ccc3cc(OC)ccc3c2)n1N=Cc1ccc(OC)cc1OC. The van der Waals surface area contributed by atoms with Gasteiger partial charge in [0.15, 0.2) is 0 Å². The molecule has 0 aliphatic heterocycles. The van der Waals surface area contributed by atoms with Crippen LogP contribution < -0.4 is 19.0 Å². The highest BCUT2D eigenvalue weighted by Gasteiger charge is 2.09. The number of aromatic nitrogens is 1. The summed E-state index contributed by atoms with van der Waals surface area (Å²) in [7, 11) is 6.70. The van der Waals surface area contributed by atoms with E-state index >= 15 is 0 Å². The molecule has 3 aromatic carbocycles. The highest BCUT2D eigenvalue weighted by molar-refractivity contribution is 7.07. The monoisotopic (exact) mass is 433 g/mol. The van der Waals surface area contributed by atoms with E-state index in [0.717, 1.165) is 43.9 Å². The van der Waals surface area contributed by atoms with Crippen LogP contribution in [-0.2, 0) is 0 Å². The number of benzene rings is 3. The van der Waals surface area contributed by atoms with Crippen LogP contribution in [-0.4, -0.2) is 39.3 Å². The minimum Gasteiger partial charge on any atom is -0.497 e. The molecule has 0 radical (unpaired) electrons. The highest BCUT2D eigenvalue weighted by atomic mass is 32.1. The van der Waals surface area contributed by atoms with Crippen LogP contribution in [0.5, 0.6) is 17.2 Å². The molecule has 1 aromatic heterocycles. The van der Waals surface area contributed by atoms with Crippen molar-refractivity contribution in [3.05, 3.63) is 70.3 Å². The van der Waals surface area contributed by atoms with Crippen LogP contribution in [0.25, 0.3) is 22.0 Å². The molecule has 31 heavy (non-hydrogen) atoms.